The summed E-state index contributed by atoms with van der Waals surface area (Å²) in [6, 6.07) is 10.2. The first-order chi connectivity index (χ1) is 16.0. The maximum Gasteiger partial charge on any atom is 0.416 e. The molecule has 0 aliphatic heterocycles. The van der Waals surface area contributed by atoms with Crippen LogP contribution in [0.15, 0.2) is 53.1 Å². The Balaban J connectivity index is 1.48. The maximum atomic E-state index is 12.8. The van der Waals surface area contributed by atoms with Gasteiger partial charge in [0.2, 0.25) is 5.89 Å². The second kappa shape index (κ2) is 8.89. The fourth-order valence-electron chi connectivity index (χ4n) is 3.93. The van der Waals surface area contributed by atoms with E-state index in [2.05, 4.69) is 4.98 Å². The second-order valence-corrected chi connectivity index (χ2v) is 8.26. The predicted molar refractivity (Wildman–Crippen MR) is 120 cm³/mol. The fraction of sp³-hybridized carbons (Fsp3) is 0.280. The zero-order valence-electron chi connectivity index (χ0n) is 18.8. The summed E-state index contributed by atoms with van der Waals surface area (Å²) >= 11 is 0. The van der Waals surface area contributed by atoms with E-state index in [0.717, 1.165) is 28.6 Å². The summed E-state index contributed by atoms with van der Waals surface area (Å²) in [6.07, 6.45) is -2.66. The van der Waals surface area contributed by atoms with Crippen molar-refractivity contribution in [3.05, 3.63) is 71.2 Å². The number of oxazole rings is 1. The van der Waals surface area contributed by atoms with Gasteiger partial charge < -0.3 is 18.8 Å². The Labute approximate surface area is 193 Å². The fourth-order valence-corrected chi connectivity index (χ4v) is 3.93. The van der Waals surface area contributed by atoms with Crippen LogP contribution in [0.3, 0.4) is 0 Å². The van der Waals surface area contributed by atoms with E-state index in [4.69, 9.17) is 14.3 Å². The Morgan fingerprint density at radius 2 is 1.91 bits per heavy atom. The molecule has 1 N–H and O–H groups in total. The maximum absolute atomic E-state index is 12.8. The normalized spacial score (nSPS) is 12.8. The van der Waals surface area contributed by atoms with E-state index in [1.165, 1.54) is 12.1 Å². The van der Waals surface area contributed by atoms with Crippen LogP contribution in [-0.2, 0) is 24.4 Å². The minimum atomic E-state index is -4.40. The number of carboxylic acids is 1. The highest BCUT2D eigenvalue weighted by molar-refractivity contribution is 5.88. The highest BCUT2D eigenvalue weighted by Gasteiger charge is 2.30. The zero-order valence-corrected chi connectivity index (χ0v) is 18.8. The number of rotatable bonds is 7. The molecule has 0 unspecified atom stereocenters. The van der Waals surface area contributed by atoms with Gasteiger partial charge in [-0.1, -0.05) is 6.92 Å². The summed E-state index contributed by atoms with van der Waals surface area (Å²) < 4.78 is 51.9. The van der Waals surface area contributed by atoms with E-state index < -0.39 is 17.7 Å². The van der Waals surface area contributed by atoms with Gasteiger partial charge in [-0.3, -0.25) is 4.79 Å². The Hall–Kier alpha value is -3.75. The van der Waals surface area contributed by atoms with Crippen molar-refractivity contribution in [1.82, 2.24) is 9.55 Å². The molecular formula is C25H23F3N2O4. The van der Waals surface area contributed by atoms with E-state index >= 15 is 0 Å². The van der Waals surface area contributed by atoms with Crippen LogP contribution in [0, 0.1) is 6.92 Å². The number of carboxylic acid groups (broad SMARTS) is 1. The van der Waals surface area contributed by atoms with Crippen molar-refractivity contribution in [2.24, 2.45) is 7.05 Å². The molecule has 0 bridgehead atoms. The molecule has 0 radical (unpaired) electrons. The van der Waals surface area contributed by atoms with Crippen LogP contribution < -0.4 is 4.74 Å². The van der Waals surface area contributed by atoms with E-state index in [1.807, 2.05) is 30.7 Å². The summed E-state index contributed by atoms with van der Waals surface area (Å²) in [4.78, 5) is 15.6. The van der Waals surface area contributed by atoms with Gasteiger partial charge >= 0.3 is 12.1 Å². The van der Waals surface area contributed by atoms with Crippen molar-refractivity contribution in [3.8, 4) is 17.2 Å². The van der Waals surface area contributed by atoms with Crippen molar-refractivity contribution >= 4 is 16.9 Å². The molecule has 2 aromatic heterocycles. The molecule has 178 valence electrons. The number of ether oxygens (including phenoxy) is 1. The first-order valence-electron chi connectivity index (χ1n) is 10.6. The number of halogens is 3. The molecular weight excluding hydrogens is 449 g/mol. The molecule has 2 heterocycles. The third kappa shape index (κ3) is 4.78. The number of carbonyl (C=O) groups is 1. The molecule has 0 aliphatic rings. The molecule has 9 heteroatoms. The molecule has 4 aromatic rings. The number of aliphatic carboxylic acids is 1. The third-order valence-corrected chi connectivity index (χ3v) is 5.64. The lowest BCUT2D eigenvalue weighted by Crippen LogP contribution is -2.08. The van der Waals surface area contributed by atoms with Gasteiger partial charge in [0.1, 0.15) is 11.5 Å². The number of aromatic nitrogens is 2. The van der Waals surface area contributed by atoms with Crippen molar-refractivity contribution in [2.75, 3.05) is 6.61 Å². The monoisotopic (exact) mass is 472 g/mol. The van der Waals surface area contributed by atoms with Gasteiger partial charge in [0.05, 0.1) is 29.8 Å². The first-order valence-corrected chi connectivity index (χ1v) is 10.6. The van der Waals surface area contributed by atoms with Crippen molar-refractivity contribution in [3.63, 3.8) is 0 Å². The highest BCUT2D eigenvalue weighted by atomic mass is 19.4. The van der Waals surface area contributed by atoms with Gasteiger partial charge in [0.15, 0.2) is 0 Å². The van der Waals surface area contributed by atoms with Crippen molar-refractivity contribution in [2.45, 2.75) is 32.4 Å². The molecule has 1 atom stereocenters. The van der Waals surface area contributed by atoms with E-state index in [9.17, 15) is 18.0 Å². The standard InChI is InChI=1S/C25H23F3N2O4/c1-14(13-33-19-8-9-20-17(10-22(31)32)12-30(3)21(20)11-19)23-15(2)34-24(29-23)16-4-6-18(7-5-16)25(26,27)28/h4-9,11-12,14H,10,13H2,1-3H3,(H,31,32)/t14-/m1/s1. The Morgan fingerprint density at radius 1 is 1.21 bits per heavy atom. The molecule has 34 heavy (non-hydrogen) atoms. The van der Waals surface area contributed by atoms with Crippen molar-refractivity contribution < 1.29 is 32.2 Å². The minimum Gasteiger partial charge on any atom is -0.493 e. The average Bonchev–Trinajstić information content (AvgIpc) is 3.31. The number of benzene rings is 2. The first kappa shape index (κ1) is 23.4. The molecule has 0 saturated carbocycles. The predicted octanol–water partition coefficient (Wildman–Crippen LogP) is 5.97. The van der Waals surface area contributed by atoms with Crippen LogP contribution >= 0.6 is 0 Å². The van der Waals surface area contributed by atoms with Gasteiger partial charge in [-0.2, -0.15) is 13.2 Å². The van der Waals surface area contributed by atoms with E-state index in [0.29, 0.717) is 29.4 Å². The molecule has 0 aliphatic carbocycles. The minimum absolute atomic E-state index is 0.0543. The summed E-state index contributed by atoms with van der Waals surface area (Å²) in [6.45, 7) is 3.98. The smallest absolute Gasteiger partial charge is 0.416 e. The van der Waals surface area contributed by atoms with Crippen molar-refractivity contribution in [1.29, 1.82) is 0 Å². The van der Waals surface area contributed by atoms with Crippen LogP contribution in [0.5, 0.6) is 5.75 Å². The van der Waals surface area contributed by atoms with E-state index in [-0.39, 0.29) is 18.2 Å². The van der Waals surface area contributed by atoms with Crippen LogP contribution in [0.4, 0.5) is 13.2 Å². The topological polar surface area (TPSA) is 77.5 Å². The number of fused-ring (bicyclic) bond motifs is 1. The second-order valence-electron chi connectivity index (χ2n) is 8.26. The van der Waals surface area contributed by atoms with Gasteiger partial charge in [-0.05, 0) is 48.9 Å². The molecule has 0 fully saturated rings. The Morgan fingerprint density at radius 3 is 2.56 bits per heavy atom. The van der Waals surface area contributed by atoms with E-state index in [1.54, 1.807) is 19.2 Å². The number of hydrogen-bond donors (Lipinski definition) is 1. The number of aryl methyl sites for hydroxylation is 2. The molecule has 0 spiro atoms. The third-order valence-electron chi connectivity index (χ3n) is 5.64. The summed E-state index contributed by atoms with van der Waals surface area (Å²) in [5.41, 5.74) is 2.00. The zero-order chi connectivity index (χ0) is 24.6. The number of nitrogens with zero attached hydrogens (tertiary/aromatic N) is 2. The average molecular weight is 472 g/mol. The van der Waals surface area contributed by atoms with Gasteiger partial charge in [-0.25, -0.2) is 4.98 Å². The Bertz CT molecular complexity index is 1340. The molecule has 4 rings (SSSR count). The number of hydrogen-bond acceptors (Lipinski definition) is 4. The van der Waals surface area contributed by atoms with Crippen LogP contribution in [0.25, 0.3) is 22.4 Å². The SMILES string of the molecule is Cc1oc(-c2ccc(C(F)(F)F)cc2)nc1[C@H](C)COc1ccc2c(CC(=O)O)cn(C)c2c1. The van der Waals surface area contributed by atoms with Gasteiger partial charge in [-0.15, -0.1) is 0 Å². The lowest BCUT2D eigenvalue weighted by Gasteiger charge is -2.12. The lowest BCUT2D eigenvalue weighted by molar-refractivity contribution is -0.138. The molecule has 6 nitrogen and oxygen atoms in total. The quantitative estimate of drug-likeness (QED) is 0.359. The van der Waals surface area contributed by atoms with Gasteiger partial charge in [0, 0.05) is 36.2 Å². The summed E-state index contributed by atoms with van der Waals surface area (Å²) in [7, 11) is 1.85. The highest BCUT2D eigenvalue weighted by Crippen LogP contribution is 2.32. The molecule has 2 aromatic carbocycles. The Kier molecular flexibility index (Phi) is 6.12. The summed E-state index contributed by atoms with van der Waals surface area (Å²) in [5, 5.41) is 9.95. The lowest BCUT2D eigenvalue weighted by atomic mass is 10.1. The largest absolute Gasteiger partial charge is 0.493 e. The van der Waals surface area contributed by atoms with Crippen LogP contribution in [0.2, 0.25) is 0 Å². The van der Waals surface area contributed by atoms with Gasteiger partial charge in [0.25, 0.3) is 0 Å². The molecule has 0 amide bonds. The number of alkyl halides is 3. The molecule has 0 saturated heterocycles. The van der Waals surface area contributed by atoms with Crippen LogP contribution in [-0.4, -0.2) is 27.2 Å². The van der Waals surface area contributed by atoms with Crippen LogP contribution in [0.1, 0.15) is 35.4 Å². The summed E-state index contributed by atoms with van der Waals surface area (Å²) in [5.74, 6) is 0.428.